The topological polar surface area (TPSA) is 125 Å². The van der Waals surface area contributed by atoms with Crippen molar-refractivity contribution in [2.75, 3.05) is 13.7 Å². The van der Waals surface area contributed by atoms with E-state index in [9.17, 15) is 24.6 Å². The summed E-state index contributed by atoms with van der Waals surface area (Å²) in [4.78, 5) is 34.3. The Bertz CT molecular complexity index is 549. The zero-order valence-electron chi connectivity index (χ0n) is 13.4. The maximum atomic E-state index is 11.8. The van der Waals surface area contributed by atoms with E-state index in [1.807, 2.05) is 6.07 Å². The van der Waals surface area contributed by atoms with Crippen molar-refractivity contribution in [3.8, 4) is 0 Å². The maximum absolute atomic E-state index is 11.8. The summed E-state index contributed by atoms with van der Waals surface area (Å²) >= 11 is 0. The molecule has 24 heavy (non-hydrogen) atoms. The van der Waals surface area contributed by atoms with Crippen molar-refractivity contribution in [1.29, 1.82) is 0 Å². The first-order valence-corrected chi connectivity index (χ1v) is 7.48. The molecule has 0 aromatic heterocycles. The minimum atomic E-state index is -1.89. The molecule has 0 bridgehead atoms. The normalized spacial score (nSPS) is 12.8. The van der Waals surface area contributed by atoms with E-state index in [1.54, 1.807) is 24.3 Å². The molecule has 0 spiro atoms. The van der Waals surface area contributed by atoms with Gasteiger partial charge in [0.05, 0.1) is 7.11 Å². The first-order chi connectivity index (χ1) is 11.5. The summed E-state index contributed by atoms with van der Waals surface area (Å²) in [5, 5.41) is 24.2. The lowest BCUT2D eigenvalue weighted by molar-refractivity contribution is -0.146. The van der Waals surface area contributed by atoms with Crippen molar-refractivity contribution in [3.05, 3.63) is 35.9 Å². The second-order valence-electron chi connectivity index (χ2n) is 5.06. The number of methoxy groups -OCH3 is 1. The minimum absolute atomic E-state index is 0.114. The Morgan fingerprint density at radius 3 is 2.21 bits per heavy atom. The van der Waals surface area contributed by atoms with Gasteiger partial charge in [0.15, 0.2) is 12.2 Å². The summed E-state index contributed by atoms with van der Waals surface area (Å²) in [6.07, 6.45) is -3.33. The smallest absolute Gasteiger partial charge is 0.305 e. The number of esters is 1. The Hall–Kier alpha value is -2.45. The largest absolute Gasteiger partial charge is 0.469 e. The lowest BCUT2D eigenvalue weighted by atomic mass is 10.1. The number of aliphatic hydroxyl groups is 2. The number of benzene rings is 1. The van der Waals surface area contributed by atoms with Crippen LogP contribution in [0.25, 0.3) is 0 Å². The van der Waals surface area contributed by atoms with Crippen molar-refractivity contribution in [1.82, 2.24) is 10.6 Å². The van der Waals surface area contributed by atoms with Crippen LogP contribution in [0.1, 0.15) is 18.4 Å². The van der Waals surface area contributed by atoms with Gasteiger partial charge in [-0.1, -0.05) is 30.3 Å². The second kappa shape index (κ2) is 10.3. The summed E-state index contributed by atoms with van der Waals surface area (Å²) < 4.78 is 4.44. The van der Waals surface area contributed by atoms with Gasteiger partial charge in [0.1, 0.15) is 0 Å². The van der Waals surface area contributed by atoms with Crippen LogP contribution in [0.15, 0.2) is 30.3 Å². The number of hydrogen-bond acceptors (Lipinski definition) is 6. The van der Waals surface area contributed by atoms with Gasteiger partial charge in [0, 0.05) is 19.5 Å². The molecule has 0 unspecified atom stereocenters. The zero-order valence-corrected chi connectivity index (χ0v) is 13.4. The molecule has 0 aliphatic heterocycles. The van der Waals surface area contributed by atoms with E-state index < -0.39 is 30.0 Å². The Morgan fingerprint density at radius 1 is 1.04 bits per heavy atom. The summed E-state index contributed by atoms with van der Waals surface area (Å²) in [6.45, 7) is 0.285. The summed E-state index contributed by atoms with van der Waals surface area (Å²) in [5.74, 6) is -2.15. The minimum Gasteiger partial charge on any atom is -0.469 e. The van der Waals surface area contributed by atoms with E-state index in [2.05, 4.69) is 15.4 Å². The molecule has 2 atom stereocenters. The average molecular weight is 338 g/mol. The number of nitrogens with one attached hydrogen (secondary N) is 2. The van der Waals surface area contributed by atoms with Crippen molar-refractivity contribution in [2.24, 2.45) is 0 Å². The molecule has 0 saturated carbocycles. The van der Waals surface area contributed by atoms with Crippen LogP contribution in [-0.2, 0) is 25.7 Å². The van der Waals surface area contributed by atoms with Gasteiger partial charge in [-0.3, -0.25) is 14.4 Å². The van der Waals surface area contributed by atoms with Gasteiger partial charge >= 0.3 is 5.97 Å². The average Bonchev–Trinajstić information content (AvgIpc) is 2.62. The van der Waals surface area contributed by atoms with Crippen LogP contribution < -0.4 is 10.6 Å². The van der Waals surface area contributed by atoms with Crippen molar-refractivity contribution in [2.45, 2.75) is 31.6 Å². The number of carbonyl (C=O) groups is 3. The van der Waals surface area contributed by atoms with E-state index >= 15 is 0 Å². The van der Waals surface area contributed by atoms with Gasteiger partial charge in [0.25, 0.3) is 11.8 Å². The summed E-state index contributed by atoms with van der Waals surface area (Å²) in [6, 6.07) is 9.01. The van der Waals surface area contributed by atoms with Crippen LogP contribution in [0.4, 0.5) is 0 Å². The van der Waals surface area contributed by atoms with Crippen LogP contribution in [-0.4, -0.2) is 53.9 Å². The fourth-order valence-corrected chi connectivity index (χ4v) is 1.83. The lowest BCUT2D eigenvalue weighted by Gasteiger charge is -2.17. The third kappa shape index (κ3) is 6.76. The van der Waals surface area contributed by atoms with Crippen molar-refractivity contribution in [3.63, 3.8) is 0 Å². The molecule has 0 saturated heterocycles. The highest BCUT2D eigenvalue weighted by atomic mass is 16.5. The van der Waals surface area contributed by atoms with Gasteiger partial charge in [-0.25, -0.2) is 0 Å². The number of ether oxygens (including phenoxy) is 1. The maximum Gasteiger partial charge on any atom is 0.305 e. The van der Waals surface area contributed by atoms with Gasteiger partial charge in [-0.05, 0) is 12.0 Å². The molecule has 1 rings (SSSR count). The van der Waals surface area contributed by atoms with Gasteiger partial charge in [-0.15, -0.1) is 0 Å². The SMILES string of the molecule is COC(=O)CCCNC(=O)[C@H](O)[C@@H](O)C(=O)NCc1ccccc1. The van der Waals surface area contributed by atoms with Crippen LogP contribution in [0, 0.1) is 0 Å². The molecule has 0 fully saturated rings. The molecule has 0 heterocycles. The molecule has 8 nitrogen and oxygen atoms in total. The standard InChI is InChI=1S/C16H22N2O6/c1-24-12(19)8-5-9-17-15(22)13(20)14(21)16(23)18-10-11-6-3-2-4-7-11/h2-4,6-7,13-14,20-21H,5,8-10H2,1H3,(H,17,22)(H,18,23)/t13-,14-/m1/s1. The second-order valence-corrected chi connectivity index (χ2v) is 5.06. The first-order valence-electron chi connectivity index (χ1n) is 7.48. The highest BCUT2D eigenvalue weighted by Crippen LogP contribution is 2.00. The molecule has 132 valence electrons. The monoisotopic (exact) mass is 338 g/mol. The fourth-order valence-electron chi connectivity index (χ4n) is 1.83. The number of rotatable bonds is 9. The highest BCUT2D eigenvalue weighted by Gasteiger charge is 2.29. The molecular formula is C16H22N2O6. The summed E-state index contributed by atoms with van der Waals surface area (Å²) in [5.41, 5.74) is 0.819. The van der Waals surface area contributed by atoms with Crippen LogP contribution in [0.5, 0.6) is 0 Å². The van der Waals surface area contributed by atoms with E-state index in [0.29, 0.717) is 6.42 Å². The Labute approximate surface area is 139 Å². The van der Waals surface area contributed by atoms with Gasteiger partial charge in [-0.2, -0.15) is 0 Å². The van der Waals surface area contributed by atoms with E-state index in [4.69, 9.17) is 0 Å². The highest BCUT2D eigenvalue weighted by molar-refractivity contribution is 5.90. The van der Waals surface area contributed by atoms with Gasteiger partial charge < -0.3 is 25.6 Å². The Balaban J connectivity index is 2.33. The zero-order chi connectivity index (χ0) is 17.9. The number of aliphatic hydroxyl groups excluding tert-OH is 2. The Kier molecular flexibility index (Phi) is 8.45. The predicted molar refractivity (Wildman–Crippen MR) is 84.6 cm³/mol. The van der Waals surface area contributed by atoms with Crippen molar-refractivity contribution >= 4 is 17.8 Å². The van der Waals surface area contributed by atoms with E-state index in [-0.39, 0.29) is 19.5 Å². The first kappa shape index (κ1) is 19.6. The number of carbonyl (C=O) groups excluding carboxylic acids is 3. The quantitative estimate of drug-likeness (QED) is 0.341. The third-order valence-corrected chi connectivity index (χ3v) is 3.23. The lowest BCUT2D eigenvalue weighted by Crippen LogP contribution is -2.49. The Morgan fingerprint density at radius 2 is 1.62 bits per heavy atom. The third-order valence-electron chi connectivity index (χ3n) is 3.23. The number of hydrogen-bond donors (Lipinski definition) is 4. The molecule has 2 amide bonds. The molecule has 1 aromatic rings. The van der Waals surface area contributed by atoms with Crippen LogP contribution >= 0.6 is 0 Å². The molecular weight excluding hydrogens is 316 g/mol. The van der Waals surface area contributed by atoms with Gasteiger partial charge in [0.2, 0.25) is 0 Å². The molecule has 0 aliphatic rings. The summed E-state index contributed by atoms with van der Waals surface area (Å²) in [7, 11) is 1.26. The van der Waals surface area contributed by atoms with Crippen LogP contribution in [0.3, 0.4) is 0 Å². The molecule has 4 N–H and O–H groups in total. The predicted octanol–water partition coefficient (Wildman–Crippen LogP) is -0.906. The van der Waals surface area contributed by atoms with E-state index in [1.165, 1.54) is 7.11 Å². The molecule has 8 heteroatoms. The van der Waals surface area contributed by atoms with Crippen molar-refractivity contribution < 1.29 is 29.3 Å². The fraction of sp³-hybridized carbons (Fsp3) is 0.438. The molecule has 0 aliphatic carbocycles. The number of amides is 2. The van der Waals surface area contributed by atoms with Crippen LogP contribution in [0.2, 0.25) is 0 Å². The molecule has 0 radical (unpaired) electrons. The van der Waals surface area contributed by atoms with E-state index in [0.717, 1.165) is 5.56 Å². The molecule has 1 aromatic carbocycles.